The molecule has 0 aliphatic carbocycles. The number of para-hydroxylation sites is 4. The van der Waals surface area contributed by atoms with Crippen LogP contribution >= 0.6 is 0 Å². The third-order valence-electron chi connectivity index (χ3n) is 10.4. The second-order valence-corrected chi connectivity index (χ2v) is 13.8. The minimum absolute atomic E-state index is 0.871. The van der Waals surface area contributed by atoms with Crippen LogP contribution in [-0.2, 0) is 0 Å². The summed E-state index contributed by atoms with van der Waals surface area (Å²) in [5.74, 6) is 1.75. The van der Waals surface area contributed by atoms with Crippen LogP contribution in [0.5, 0.6) is 11.5 Å². The molecule has 0 N–H and O–H groups in total. The van der Waals surface area contributed by atoms with E-state index in [2.05, 4.69) is 228 Å². The zero-order valence-electron chi connectivity index (χ0n) is 30.1. The van der Waals surface area contributed by atoms with E-state index >= 15 is 0 Å². The highest BCUT2D eigenvalue weighted by Gasteiger charge is 2.23. The fourth-order valence-electron chi connectivity index (χ4n) is 7.86. The summed E-state index contributed by atoms with van der Waals surface area (Å²) in [5.41, 5.74) is 13.6. The average Bonchev–Trinajstić information content (AvgIpc) is 3.26. The highest BCUT2D eigenvalue weighted by atomic mass is 16.5. The van der Waals surface area contributed by atoms with Gasteiger partial charge in [0.15, 0.2) is 0 Å². The number of nitrogens with zero attached hydrogens (tertiary/aromatic N) is 2. The Bertz CT molecular complexity index is 2670. The minimum atomic E-state index is 0.871. The van der Waals surface area contributed by atoms with Gasteiger partial charge in [0.2, 0.25) is 0 Å². The van der Waals surface area contributed by atoms with Gasteiger partial charge in [0, 0.05) is 45.1 Å². The van der Waals surface area contributed by atoms with Crippen molar-refractivity contribution in [2.45, 2.75) is 0 Å². The molecule has 3 nitrogen and oxygen atoms in total. The quantitative estimate of drug-likeness (QED) is 0.157. The van der Waals surface area contributed by atoms with E-state index in [0.717, 1.165) is 73.3 Å². The molecule has 260 valence electrons. The van der Waals surface area contributed by atoms with E-state index < -0.39 is 0 Å². The van der Waals surface area contributed by atoms with Crippen LogP contribution in [0.4, 0.5) is 34.1 Å². The Labute approximate surface area is 321 Å². The van der Waals surface area contributed by atoms with Crippen LogP contribution in [0.15, 0.2) is 218 Å². The minimum Gasteiger partial charge on any atom is -0.456 e. The Hall–Kier alpha value is -7.36. The van der Waals surface area contributed by atoms with Crippen LogP contribution < -0.4 is 14.5 Å². The van der Waals surface area contributed by atoms with Gasteiger partial charge in [0.25, 0.3) is 0 Å². The Morgan fingerprint density at radius 3 is 1.20 bits per heavy atom. The molecule has 1 aliphatic heterocycles. The number of ether oxygens (including phenoxy) is 1. The molecule has 3 heteroatoms. The van der Waals surface area contributed by atoms with Gasteiger partial charge in [-0.25, -0.2) is 0 Å². The summed E-state index contributed by atoms with van der Waals surface area (Å²) in [5, 5.41) is 2.32. The normalized spacial score (nSPS) is 11.4. The third-order valence-corrected chi connectivity index (χ3v) is 10.4. The molecule has 9 aromatic rings. The Kier molecular flexibility index (Phi) is 8.16. The summed E-state index contributed by atoms with van der Waals surface area (Å²) in [6.45, 7) is 0. The molecule has 1 heterocycles. The van der Waals surface area contributed by atoms with Crippen molar-refractivity contribution in [1.82, 2.24) is 0 Å². The van der Waals surface area contributed by atoms with Crippen molar-refractivity contribution in [3.8, 4) is 44.9 Å². The number of benzene rings is 9. The largest absolute Gasteiger partial charge is 0.456 e. The van der Waals surface area contributed by atoms with Crippen LogP contribution in [0.3, 0.4) is 0 Å². The molecule has 0 aromatic heterocycles. The topological polar surface area (TPSA) is 15.7 Å². The van der Waals surface area contributed by atoms with Gasteiger partial charge in [-0.15, -0.1) is 0 Å². The van der Waals surface area contributed by atoms with Crippen molar-refractivity contribution in [1.29, 1.82) is 0 Å². The fourth-order valence-corrected chi connectivity index (χ4v) is 7.86. The van der Waals surface area contributed by atoms with Crippen LogP contribution in [-0.4, -0.2) is 0 Å². The molecule has 0 saturated carbocycles. The number of rotatable bonds is 8. The zero-order valence-corrected chi connectivity index (χ0v) is 30.1. The van der Waals surface area contributed by atoms with E-state index in [0.29, 0.717) is 0 Å². The highest BCUT2D eigenvalue weighted by molar-refractivity contribution is 6.10. The lowest BCUT2D eigenvalue weighted by molar-refractivity contribution is 0.487. The van der Waals surface area contributed by atoms with Crippen molar-refractivity contribution in [2.75, 3.05) is 9.80 Å². The molecule has 0 radical (unpaired) electrons. The van der Waals surface area contributed by atoms with Crippen LogP contribution in [0.2, 0.25) is 0 Å². The van der Waals surface area contributed by atoms with Gasteiger partial charge in [-0.2, -0.15) is 0 Å². The molecule has 0 unspecified atom stereocenters. The van der Waals surface area contributed by atoms with E-state index in [9.17, 15) is 0 Å². The van der Waals surface area contributed by atoms with Gasteiger partial charge >= 0.3 is 0 Å². The lowest BCUT2D eigenvalue weighted by atomic mass is 9.89. The van der Waals surface area contributed by atoms with Crippen LogP contribution in [0.1, 0.15) is 0 Å². The van der Waals surface area contributed by atoms with Gasteiger partial charge in [-0.05, 0) is 124 Å². The highest BCUT2D eigenvalue weighted by Crippen LogP contribution is 2.50. The van der Waals surface area contributed by atoms with E-state index in [1.54, 1.807) is 0 Å². The first kappa shape index (κ1) is 32.3. The molecule has 0 fully saturated rings. The maximum Gasteiger partial charge on any atom is 0.135 e. The van der Waals surface area contributed by atoms with Crippen molar-refractivity contribution in [3.63, 3.8) is 0 Å². The summed E-state index contributed by atoms with van der Waals surface area (Å²) >= 11 is 0. The predicted molar refractivity (Wildman–Crippen MR) is 230 cm³/mol. The summed E-state index contributed by atoms with van der Waals surface area (Å²) in [6, 6.07) is 77.2. The molecule has 0 amide bonds. The van der Waals surface area contributed by atoms with Gasteiger partial charge in [-0.1, -0.05) is 127 Å². The number of anilines is 6. The van der Waals surface area contributed by atoms with Crippen molar-refractivity contribution < 1.29 is 4.74 Å². The SMILES string of the molecule is c1ccc(N(c2ccccc2)c2ccc(-c3ccc4c(c3)Oc3cccc5c(-c6ccc(N(c7ccccc7)c7ccccc7)cc6)ccc-4c35)cc2)cc1. The van der Waals surface area contributed by atoms with E-state index in [4.69, 9.17) is 4.74 Å². The number of fused-ring (bicyclic) bond motifs is 2. The smallest absolute Gasteiger partial charge is 0.135 e. The maximum atomic E-state index is 6.71. The van der Waals surface area contributed by atoms with Crippen LogP contribution in [0.25, 0.3) is 44.2 Å². The molecule has 0 bridgehead atoms. The molecule has 0 atom stereocenters. The first-order chi connectivity index (χ1) is 27.3. The van der Waals surface area contributed by atoms with Crippen molar-refractivity contribution >= 4 is 44.9 Å². The predicted octanol–water partition coefficient (Wildman–Crippen LogP) is 14.9. The maximum absolute atomic E-state index is 6.71. The molecule has 1 aliphatic rings. The molecule has 0 saturated heterocycles. The molecule has 55 heavy (non-hydrogen) atoms. The lowest BCUT2D eigenvalue weighted by Gasteiger charge is -2.26. The zero-order chi connectivity index (χ0) is 36.6. The van der Waals surface area contributed by atoms with Gasteiger partial charge in [-0.3, -0.25) is 0 Å². The molecule has 0 spiro atoms. The van der Waals surface area contributed by atoms with Gasteiger partial charge in [0.1, 0.15) is 11.5 Å². The summed E-state index contributed by atoms with van der Waals surface area (Å²) in [4.78, 5) is 4.57. The Morgan fingerprint density at radius 1 is 0.273 bits per heavy atom. The second kappa shape index (κ2) is 13.9. The monoisotopic (exact) mass is 704 g/mol. The molecular formula is C52H36N2O. The van der Waals surface area contributed by atoms with Gasteiger partial charge < -0.3 is 14.5 Å². The summed E-state index contributed by atoms with van der Waals surface area (Å²) < 4.78 is 6.71. The van der Waals surface area contributed by atoms with E-state index in [1.807, 2.05) is 0 Å². The van der Waals surface area contributed by atoms with E-state index in [-0.39, 0.29) is 0 Å². The third kappa shape index (κ3) is 5.98. The number of hydrogen-bond acceptors (Lipinski definition) is 3. The van der Waals surface area contributed by atoms with E-state index in [1.165, 1.54) is 16.5 Å². The summed E-state index contributed by atoms with van der Waals surface area (Å²) in [6.07, 6.45) is 0. The Balaban J connectivity index is 0.968. The Morgan fingerprint density at radius 2 is 0.691 bits per heavy atom. The van der Waals surface area contributed by atoms with Crippen molar-refractivity contribution in [2.24, 2.45) is 0 Å². The first-order valence-corrected chi connectivity index (χ1v) is 18.7. The van der Waals surface area contributed by atoms with Crippen molar-refractivity contribution in [3.05, 3.63) is 218 Å². The molecule has 10 rings (SSSR count). The lowest BCUT2D eigenvalue weighted by Crippen LogP contribution is -2.09. The average molecular weight is 705 g/mol. The van der Waals surface area contributed by atoms with Gasteiger partial charge in [0.05, 0.1) is 0 Å². The van der Waals surface area contributed by atoms with Crippen LogP contribution in [0, 0.1) is 0 Å². The second-order valence-electron chi connectivity index (χ2n) is 13.8. The number of hydrogen-bond donors (Lipinski definition) is 0. The first-order valence-electron chi connectivity index (χ1n) is 18.7. The molecule has 9 aromatic carbocycles. The molecular weight excluding hydrogens is 669 g/mol. The summed E-state index contributed by atoms with van der Waals surface area (Å²) in [7, 11) is 0. The fraction of sp³-hybridized carbons (Fsp3) is 0. The standard InChI is InChI=1S/C52H36N2O/c1-5-14-40(15-6-1)53(41-16-7-2-8-17-41)44-29-24-37(25-30-44)39-28-33-47-49-35-34-46(48-22-13-23-50(52(48)49)55-51(47)36-39)38-26-31-45(32-27-38)54(42-18-9-3-10-19-42)43-20-11-4-12-21-43/h1-36H.